The zero-order valence-corrected chi connectivity index (χ0v) is 24.4. The number of nitrogens with one attached hydrogen (secondary N) is 3. The Labute approximate surface area is 240 Å². The number of amides is 3. The molecule has 0 saturated carbocycles. The molecule has 3 amide bonds. The van der Waals surface area contributed by atoms with E-state index in [-0.39, 0.29) is 43.5 Å². The summed E-state index contributed by atoms with van der Waals surface area (Å²) in [7, 11) is 4.77. The van der Waals surface area contributed by atoms with Crippen molar-refractivity contribution < 1.29 is 19.1 Å². The number of anilines is 1. The quantitative estimate of drug-likeness (QED) is 0.258. The Morgan fingerprint density at radius 2 is 1.95 bits per heavy atom. The van der Waals surface area contributed by atoms with Crippen LogP contribution in [0.4, 0.5) is 5.69 Å². The largest absolute Gasteiger partial charge is 0.384 e. The van der Waals surface area contributed by atoms with Gasteiger partial charge in [0.25, 0.3) is 5.56 Å². The van der Waals surface area contributed by atoms with Gasteiger partial charge in [0.15, 0.2) is 0 Å². The number of likely N-dealkylation sites (N-methyl/N-ethyl adjacent to an activating group) is 1. The average Bonchev–Trinajstić information content (AvgIpc) is 3.34. The van der Waals surface area contributed by atoms with Gasteiger partial charge in [-0.2, -0.15) is 0 Å². The molecule has 3 N–H and O–H groups in total. The first-order chi connectivity index (χ1) is 19.6. The highest BCUT2D eigenvalue weighted by atomic mass is 16.5. The average molecular weight is 565 g/mol. The van der Waals surface area contributed by atoms with Crippen LogP contribution < -0.4 is 16.2 Å². The third kappa shape index (κ3) is 9.14. The Kier molecular flexibility index (Phi) is 11.4. The van der Waals surface area contributed by atoms with Gasteiger partial charge >= 0.3 is 0 Å². The number of pyridine rings is 1. The molecule has 0 bridgehead atoms. The fourth-order valence-corrected chi connectivity index (χ4v) is 4.29. The van der Waals surface area contributed by atoms with Crippen molar-refractivity contribution in [3.63, 3.8) is 0 Å². The first-order valence-electron chi connectivity index (χ1n) is 13.7. The van der Waals surface area contributed by atoms with E-state index in [9.17, 15) is 19.2 Å². The van der Waals surface area contributed by atoms with E-state index in [1.54, 1.807) is 32.4 Å². The molecule has 41 heavy (non-hydrogen) atoms. The van der Waals surface area contributed by atoms with E-state index in [4.69, 9.17) is 9.72 Å². The zero-order valence-electron chi connectivity index (χ0n) is 24.4. The first kappa shape index (κ1) is 31.3. The van der Waals surface area contributed by atoms with Gasteiger partial charge in [0, 0.05) is 33.8 Å². The van der Waals surface area contributed by atoms with Crippen molar-refractivity contribution >= 4 is 34.4 Å². The van der Waals surface area contributed by atoms with Gasteiger partial charge in [-0.3, -0.25) is 19.2 Å². The summed E-state index contributed by atoms with van der Waals surface area (Å²) in [5.41, 5.74) is 2.63. The highest BCUT2D eigenvalue weighted by molar-refractivity contribution is 5.97. The number of carbonyl (C=O) groups excluding carboxylic acids is 3. The standard InChI is InChI=1S/C30H40N6O5/c1-20(2)18-21-10-8-12-22-28(21)34-25(31-22)19-36-16-9-13-24(30(36)40)33-29(39)23(32-26(37)15-17-41-5)11-6-7-14-27(38)35(3)4/h7-10,12-14,16,20,23H,6,11,15,17-19H2,1-5H3,(H,31,34)(H,32,37)(H,33,39)/b14-7+/t23-/m0/s1. The summed E-state index contributed by atoms with van der Waals surface area (Å²) in [6.07, 6.45) is 6.29. The van der Waals surface area contributed by atoms with Crippen LogP contribution in [-0.2, 0) is 32.1 Å². The van der Waals surface area contributed by atoms with Crippen LogP contribution in [-0.4, -0.2) is 71.0 Å². The fourth-order valence-electron chi connectivity index (χ4n) is 4.29. The molecule has 3 rings (SSSR count). The Morgan fingerprint density at radius 1 is 1.17 bits per heavy atom. The second-order valence-electron chi connectivity index (χ2n) is 10.5. The van der Waals surface area contributed by atoms with Crippen molar-refractivity contribution in [2.75, 3.05) is 33.1 Å². The molecule has 11 nitrogen and oxygen atoms in total. The molecule has 0 aliphatic carbocycles. The van der Waals surface area contributed by atoms with Crippen LogP contribution in [0, 0.1) is 5.92 Å². The lowest BCUT2D eigenvalue weighted by Crippen LogP contribution is -2.44. The normalized spacial score (nSPS) is 12.1. The maximum Gasteiger partial charge on any atom is 0.274 e. The summed E-state index contributed by atoms with van der Waals surface area (Å²) in [5.74, 6) is 0.0473. The third-order valence-corrected chi connectivity index (χ3v) is 6.38. The molecule has 0 aliphatic heterocycles. The summed E-state index contributed by atoms with van der Waals surface area (Å²) < 4.78 is 6.42. The van der Waals surface area contributed by atoms with Crippen LogP contribution >= 0.6 is 0 Å². The number of allylic oxidation sites excluding steroid dienone is 1. The fraction of sp³-hybridized carbons (Fsp3) is 0.433. The maximum absolute atomic E-state index is 13.3. The molecule has 0 saturated heterocycles. The van der Waals surface area contributed by atoms with Crippen LogP contribution in [0.15, 0.2) is 53.5 Å². The lowest BCUT2D eigenvalue weighted by atomic mass is 10.0. The Bertz CT molecular complexity index is 1440. The van der Waals surface area contributed by atoms with Crippen molar-refractivity contribution in [1.82, 2.24) is 24.8 Å². The van der Waals surface area contributed by atoms with Crippen LogP contribution in [0.2, 0.25) is 0 Å². The number of carbonyl (C=O) groups is 3. The maximum atomic E-state index is 13.3. The minimum atomic E-state index is -0.915. The van der Waals surface area contributed by atoms with E-state index < -0.39 is 17.5 Å². The molecule has 2 aromatic heterocycles. The van der Waals surface area contributed by atoms with Crippen molar-refractivity contribution in [3.8, 4) is 0 Å². The zero-order chi connectivity index (χ0) is 29.9. The molecule has 3 aromatic rings. The molecule has 0 unspecified atom stereocenters. The number of hydrogen-bond acceptors (Lipinski definition) is 6. The number of hydrogen-bond donors (Lipinski definition) is 3. The molecule has 0 radical (unpaired) electrons. The Hall–Kier alpha value is -4.25. The summed E-state index contributed by atoms with van der Waals surface area (Å²) in [4.78, 5) is 60.1. The van der Waals surface area contributed by atoms with Gasteiger partial charge in [0.05, 0.1) is 24.2 Å². The summed E-state index contributed by atoms with van der Waals surface area (Å²) in [6, 6.07) is 8.30. The van der Waals surface area contributed by atoms with Crippen molar-refractivity contribution in [2.45, 2.75) is 52.1 Å². The van der Waals surface area contributed by atoms with E-state index in [1.165, 1.54) is 28.7 Å². The second-order valence-corrected chi connectivity index (χ2v) is 10.5. The summed E-state index contributed by atoms with van der Waals surface area (Å²) >= 11 is 0. The molecule has 1 aromatic carbocycles. The molecule has 0 fully saturated rings. The predicted octanol–water partition coefficient (Wildman–Crippen LogP) is 2.86. The van der Waals surface area contributed by atoms with Crippen LogP contribution in [0.3, 0.4) is 0 Å². The molecule has 0 spiro atoms. The van der Waals surface area contributed by atoms with E-state index in [2.05, 4.69) is 35.5 Å². The molecular weight excluding hydrogens is 524 g/mol. The number of fused-ring (bicyclic) bond motifs is 1. The number of para-hydroxylation sites is 1. The van der Waals surface area contributed by atoms with Crippen molar-refractivity contribution in [3.05, 3.63) is 70.4 Å². The van der Waals surface area contributed by atoms with Crippen LogP contribution in [0.25, 0.3) is 11.0 Å². The van der Waals surface area contributed by atoms with E-state index in [0.717, 1.165) is 23.0 Å². The number of ether oxygens (including phenoxy) is 1. The molecule has 11 heteroatoms. The van der Waals surface area contributed by atoms with Gasteiger partial charge in [0.1, 0.15) is 17.6 Å². The lowest BCUT2D eigenvalue weighted by molar-refractivity contribution is -0.127. The summed E-state index contributed by atoms with van der Waals surface area (Å²) in [6.45, 7) is 4.72. The van der Waals surface area contributed by atoms with Gasteiger partial charge in [-0.15, -0.1) is 0 Å². The Balaban J connectivity index is 1.76. The number of aromatic nitrogens is 3. The third-order valence-electron chi connectivity index (χ3n) is 6.38. The van der Waals surface area contributed by atoms with Gasteiger partial charge < -0.3 is 29.8 Å². The molecule has 220 valence electrons. The minimum Gasteiger partial charge on any atom is -0.384 e. The highest BCUT2D eigenvalue weighted by Crippen LogP contribution is 2.20. The first-order valence-corrected chi connectivity index (χ1v) is 13.7. The number of rotatable bonds is 14. The number of benzene rings is 1. The van der Waals surface area contributed by atoms with Crippen LogP contribution in [0.1, 0.15) is 44.5 Å². The smallest absolute Gasteiger partial charge is 0.274 e. The topological polar surface area (TPSA) is 138 Å². The van der Waals surface area contributed by atoms with Gasteiger partial charge in [0.2, 0.25) is 17.7 Å². The molecular formula is C30H40N6O5. The van der Waals surface area contributed by atoms with Crippen LogP contribution in [0.5, 0.6) is 0 Å². The highest BCUT2D eigenvalue weighted by Gasteiger charge is 2.21. The molecule has 2 heterocycles. The number of aromatic amines is 1. The van der Waals surface area contributed by atoms with Gasteiger partial charge in [-0.05, 0) is 55.0 Å². The number of imidazole rings is 1. The van der Waals surface area contributed by atoms with E-state index >= 15 is 0 Å². The van der Waals surface area contributed by atoms with Gasteiger partial charge in [-0.1, -0.05) is 32.1 Å². The molecule has 1 atom stereocenters. The number of H-pyrrole nitrogens is 1. The van der Waals surface area contributed by atoms with Crippen molar-refractivity contribution in [1.29, 1.82) is 0 Å². The van der Waals surface area contributed by atoms with Crippen molar-refractivity contribution in [2.24, 2.45) is 5.92 Å². The van der Waals surface area contributed by atoms with E-state index in [1.807, 2.05) is 12.1 Å². The number of nitrogens with zero attached hydrogens (tertiary/aromatic N) is 3. The summed E-state index contributed by atoms with van der Waals surface area (Å²) in [5, 5.41) is 5.38. The lowest BCUT2D eigenvalue weighted by Gasteiger charge is -2.18. The predicted molar refractivity (Wildman–Crippen MR) is 159 cm³/mol. The SMILES string of the molecule is COCCC(=O)N[C@@H](CC/C=C/C(=O)N(C)C)C(=O)Nc1cccn(Cc2nc3c(CC(C)C)cccc3[nH]2)c1=O. The number of methoxy groups -OCH3 is 1. The monoisotopic (exact) mass is 564 g/mol. The second kappa shape index (κ2) is 14.9. The minimum absolute atomic E-state index is 0.0866. The van der Waals surface area contributed by atoms with E-state index in [0.29, 0.717) is 18.2 Å². The Morgan fingerprint density at radius 3 is 2.66 bits per heavy atom. The molecule has 0 aliphatic rings. The van der Waals surface area contributed by atoms with Gasteiger partial charge in [-0.25, -0.2) is 4.98 Å².